The summed E-state index contributed by atoms with van der Waals surface area (Å²) in [7, 11) is -3.42. The van der Waals surface area contributed by atoms with E-state index >= 15 is 0 Å². The number of hydrogen-bond acceptors (Lipinski definition) is 7. The fraction of sp³-hybridized carbons (Fsp3) is 0.611. The van der Waals surface area contributed by atoms with Crippen LogP contribution >= 0.6 is 11.3 Å². The first-order chi connectivity index (χ1) is 13.4. The van der Waals surface area contributed by atoms with Gasteiger partial charge in [0, 0.05) is 31.1 Å². The molecule has 0 aromatic carbocycles. The molecule has 4 heterocycles. The van der Waals surface area contributed by atoms with E-state index in [-0.39, 0.29) is 18.2 Å². The Morgan fingerprint density at radius 1 is 1.25 bits per heavy atom. The Morgan fingerprint density at radius 2 is 2.04 bits per heavy atom. The Bertz CT molecular complexity index is 946. The normalized spacial score (nSPS) is 21.3. The molecule has 2 aliphatic heterocycles. The second-order valence-corrected chi connectivity index (χ2v) is 10.7. The third-order valence-corrected chi connectivity index (χ3v) is 8.74. The summed E-state index contributed by atoms with van der Waals surface area (Å²) < 4.78 is 32.4. The van der Waals surface area contributed by atoms with Crippen molar-refractivity contribution in [1.82, 2.24) is 19.3 Å². The molecule has 28 heavy (non-hydrogen) atoms. The van der Waals surface area contributed by atoms with Gasteiger partial charge in [-0.2, -0.15) is 9.29 Å². The van der Waals surface area contributed by atoms with Crippen LogP contribution in [0.2, 0.25) is 0 Å². The standard InChI is InChI=1S/C18H24N4O4S2/c1-13-19-18(26-20-13)14-5-4-8-21(12-14)16(23)11-15-6-7-17(27-15)28(24,25)22-9-2-3-10-22/h6-7,14H,2-5,8-12H2,1H3. The third kappa shape index (κ3) is 3.99. The van der Waals surface area contributed by atoms with Crippen LogP contribution in [-0.4, -0.2) is 59.8 Å². The van der Waals surface area contributed by atoms with Crippen LogP contribution in [0.25, 0.3) is 0 Å². The highest BCUT2D eigenvalue weighted by Crippen LogP contribution is 2.29. The first-order valence-electron chi connectivity index (χ1n) is 9.60. The molecule has 2 fully saturated rings. The minimum Gasteiger partial charge on any atom is -0.342 e. The highest BCUT2D eigenvalue weighted by atomic mass is 32.2. The number of aromatic nitrogens is 2. The number of likely N-dealkylation sites (tertiary alicyclic amines) is 1. The molecule has 0 radical (unpaired) electrons. The minimum atomic E-state index is -3.42. The summed E-state index contributed by atoms with van der Waals surface area (Å²) in [6.07, 6.45) is 3.84. The smallest absolute Gasteiger partial charge is 0.252 e. The van der Waals surface area contributed by atoms with Crippen molar-refractivity contribution in [2.45, 2.75) is 49.2 Å². The number of hydrogen-bond donors (Lipinski definition) is 0. The minimum absolute atomic E-state index is 0.00732. The van der Waals surface area contributed by atoms with E-state index in [1.807, 2.05) is 4.90 Å². The zero-order valence-electron chi connectivity index (χ0n) is 15.8. The molecule has 2 saturated heterocycles. The van der Waals surface area contributed by atoms with Crippen LogP contribution in [0.4, 0.5) is 0 Å². The zero-order valence-corrected chi connectivity index (χ0v) is 17.5. The Hall–Kier alpha value is -1.78. The zero-order chi connectivity index (χ0) is 19.7. The van der Waals surface area contributed by atoms with E-state index in [1.54, 1.807) is 19.1 Å². The number of thiophene rings is 1. The number of carbonyl (C=O) groups excluding carboxylic acids is 1. The van der Waals surface area contributed by atoms with Gasteiger partial charge in [0.1, 0.15) is 4.21 Å². The van der Waals surface area contributed by atoms with Crippen molar-refractivity contribution in [3.05, 3.63) is 28.7 Å². The van der Waals surface area contributed by atoms with Crippen molar-refractivity contribution in [2.24, 2.45) is 0 Å². The van der Waals surface area contributed by atoms with E-state index in [2.05, 4.69) is 10.1 Å². The summed E-state index contributed by atoms with van der Waals surface area (Å²) in [6.45, 7) is 4.21. The molecule has 152 valence electrons. The van der Waals surface area contributed by atoms with Gasteiger partial charge in [-0.25, -0.2) is 8.42 Å². The van der Waals surface area contributed by atoms with Gasteiger partial charge in [-0.05, 0) is 44.7 Å². The highest BCUT2D eigenvalue weighted by Gasteiger charge is 2.30. The summed E-state index contributed by atoms with van der Waals surface area (Å²) >= 11 is 1.20. The van der Waals surface area contributed by atoms with E-state index in [0.717, 1.165) is 30.6 Å². The molecular formula is C18H24N4O4S2. The third-order valence-electron chi connectivity index (χ3n) is 5.29. The predicted octanol–water partition coefficient (Wildman–Crippen LogP) is 2.17. The van der Waals surface area contributed by atoms with Gasteiger partial charge in [0.05, 0.1) is 12.3 Å². The summed E-state index contributed by atoms with van der Waals surface area (Å²) in [5, 5.41) is 3.84. The van der Waals surface area contributed by atoms with Crippen molar-refractivity contribution >= 4 is 27.3 Å². The molecule has 2 aromatic rings. The van der Waals surface area contributed by atoms with E-state index < -0.39 is 10.0 Å². The Balaban J connectivity index is 1.40. The molecule has 0 aliphatic carbocycles. The van der Waals surface area contributed by atoms with E-state index in [9.17, 15) is 13.2 Å². The van der Waals surface area contributed by atoms with Crippen molar-refractivity contribution in [3.63, 3.8) is 0 Å². The molecule has 8 nitrogen and oxygen atoms in total. The van der Waals surface area contributed by atoms with Gasteiger partial charge in [-0.15, -0.1) is 11.3 Å². The predicted molar refractivity (Wildman–Crippen MR) is 104 cm³/mol. The lowest BCUT2D eigenvalue weighted by Gasteiger charge is -2.31. The average Bonchev–Trinajstić information content (AvgIpc) is 3.43. The SMILES string of the molecule is Cc1noc(C2CCCN(C(=O)Cc3ccc(S(=O)(=O)N4CCCC4)s3)C2)n1. The number of sulfonamides is 1. The van der Waals surface area contributed by atoms with Crippen molar-refractivity contribution in [1.29, 1.82) is 0 Å². The molecule has 0 spiro atoms. The van der Waals surface area contributed by atoms with Crippen LogP contribution < -0.4 is 0 Å². The maximum Gasteiger partial charge on any atom is 0.252 e. The summed E-state index contributed by atoms with van der Waals surface area (Å²) in [4.78, 5) is 19.7. The molecule has 1 atom stereocenters. The van der Waals surface area contributed by atoms with Gasteiger partial charge in [0.25, 0.3) is 10.0 Å². The number of amides is 1. The van der Waals surface area contributed by atoms with E-state index in [4.69, 9.17) is 4.52 Å². The fourth-order valence-electron chi connectivity index (χ4n) is 3.79. The molecule has 4 rings (SSSR count). The number of rotatable bonds is 5. The van der Waals surface area contributed by atoms with Crippen LogP contribution in [0.5, 0.6) is 0 Å². The molecule has 2 aromatic heterocycles. The van der Waals surface area contributed by atoms with Crippen LogP contribution in [0, 0.1) is 6.92 Å². The van der Waals surface area contributed by atoms with Crippen LogP contribution in [0.1, 0.15) is 48.2 Å². The van der Waals surface area contributed by atoms with Gasteiger partial charge >= 0.3 is 0 Å². The van der Waals surface area contributed by atoms with Gasteiger partial charge in [-0.3, -0.25) is 4.79 Å². The van der Waals surface area contributed by atoms with Crippen LogP contribution in [0.15, 0.2) is 20.9 Å². The Labute approximate surface area is 168 Å². The highest BCUT2D eigenvalue weighted by molar-refractivity contribution is 7.91. The van der Waals surface area contributed by atoms with Crippen molar-refractivity contribution in [3.8, 4) is 0 Å². The second-order valence-electron chi connectivity index (χ2n) is 7.37. The number of carbonyl (C=O) groups is 1. The van der Waals surface area contributed by atoms with E-state index in [1.165, 1.54) is 15.6 Å². The number of nitrogens with zero attached hydrogens (tertiary/aromatic N) is 4. The molecule has 0 bridgehead atoms. The average molecular weight is 425 g/mol. The molecular weight excluding hydrogens is 400 g/mol. The number of piperidine rings is 1. The first kappa shape index (κ1) is 19.5. The summed E-state index contributed by atoms with van der Waals surface area (Å²) in [6, 6.07) is 3.38. The fourth-order valence-corrected chi connectivity index (χ4v) is 6.81. The number of aryl methyl sites for hydroxylation is 1. The Morgan fingerprint density at radius 3 is 2.75 bits per heavy atom. The van der Waals surface area contributed by atoms with Gasteiger partial charge in [0.15, 0.2) is 5.82 Å². The quantitative estimate of drug-likeness (QED) is 0.730. The lowest BCUT2D eigenvalue weighted by Crippen LogP contribution is -2.39. The molecule has 0 N–H and O–H groups in total. The molecule has 10 heteroatoms. The lowest BCUT2D eigenvalue weighted by molar-refractivity contribution is -0.131. The van der Waals surface area contributed by atoms with Crippen LogP contribution in [0.3, 0.4) is 0 Å². The molecule has 2 aliphatic rings. The van der Waals surface area contributed by atoms with Gasteiger partial charge < -0.3 is 9.42 Å². The lowest BCUT2D eigenvalue weighted by atomic mass is 9.97. The summed E-state index contributed by atoms with van der Waals surface area (Å²) in [5.41, 5.74) is 0. The van der Waals surface area contributed by atoms with Crippen molar-refractivity contribution < 1.29 is 17.7 Å². The van der Waals surface area contributed by atoms with E-state index in [0.29, 0.717) is 42.1 Å². The largest absolute Gasteiger partial charge is 0.342 e. The first-order valence-corrected chi connectivity index (χ1v) is 11.9. The van der Waals surface area contributed by atoms with Gasteiger partial charge in [0.2, 0.25) is 11.8 Å². The second kappa shape index (κ2) is 7.92. The van der Waals surface area contributed by atoms with Crippen LogP contribution in [-0.2, 0) is 21.2 Å². The maximum absolute atomic E-state index is 12.8. The maximum atomic E-state index is 12.8. The summed E-state index contributed by atoms with van der Waals surface area (Å²) in [5.74, 6) is 1.26. The molecule has 1 unspecified atom stereocenters. The molecule has 1 amide bonds. The topological polar surface area (TPSA) is 96.6 Å². The van der Waals surface area contributed by atoms with Crippen molar-refractivity contribution in [2.75, 3.05) is 26.2 Å². The Kier molecular flexibility index (Phi) is 5.52. The monoisotopic (exact) mass is 424 g/mol. The van der Waals surface area contributed by atoms with Gasteiger partial charge in [-0.1, -0.05) is 5.16 Å². The molecule has 0 saturated carbocycles.